The zero-order chi connectivity index (χ0) is 18.7. The maximum Gasteiger partial charge on any atom is 0.316 e. The lowest BCUT2D eigenvalue weighted by atomic mass is 10.1. The van der Waals surface area contributed by atoms with Gasteiger partial charge in [-0.25, -0.2) is 12.8 Å². The third-order valence-electron chi connectivity index (χ3n) is 4.39. The number of aliphatic imine (C=N–C) groups is 1. The normalized spacial score (nSPS) is 23.6. The van der Waals surface area contributed by atoms with Crippen molar-refractivity contribution in [1.82, 2.24) is 4.90 Å². The number of nitrogens with zero attached hydrogens (tertiary/aromatic N) is 2. The van der Waals surface area contributed by atoms with Gasteiger partial charge in [-0.1, -0.05) is 23.9 Å². The van der Waals surface area contributed by atoms with Gasteiger partial charge in [-0.2, -0.15) is 0 Å². The molecule has 2 aliphatic heterocycles. The van der Waals surface area contributed by atoms with E-state index in [0.717, 1.165) is 5.56 Å². The Bertz CT molecular complexity index is 795. The highest BCUT2D eigenvalue weighted by molar-refractivity contribution is 8.14. The molecule has 3 rings (SSSR count). The van der Waals surface area contributed by atoms with Gasteiger partial charge >= 0.3 is 5.97 Å². The zero-order valence-electron chi connectivity index (χ0n) is 14.4. The first-order valence-corrected chi connectivity index (χ1v) is 11.3. The van der Waals surface area contributed by atoms with Crippen LogP contribution in [-0.2, 0) is 25.8 Å². The molecule has 0 N–H and O–H groups in total. The van der Waals surface area contributed by atoms with Crippen LogP contribution in [0.4, 0.5) is 4.39 Å². The van der Waals surface area contributed by atoms with Crippen LogP contribution < -0.4 is 0 Å². The lowest BCUT2D eigenvalue weighted by Gasteiger charge is -2.26. The number of thioether (sulfide) groups is 1. The van der Waals surface area contributed by atoms with Crippen LogP contribution in [-0.4, -0.2) is 66.9 Å². The van der Waals surface area contributed by atoms with Crippen LogP contribution in [0.3, 0.4) is 0 Å². The Hall–Kier alpha value is -1.61. The van der Waals surface area contributed by atoms with Crippen molar-refractivity contribution < 1.29 is 22.3 Å². The van der Waals surface area contributed by atoms with Gasteiger partial charge in [0.2, 0.25) is 0 Å². The van der Waals surface area contributed by atoms with E-state index >= 15 is 0 Å². The highest BCUT2D eigenvalue weighted by atomic mass is 32.2. The average molecular weight is 400 g/mol. The largest absolute Gasteiger partial charge is 0.465 e. The Morgan fingerprint density at radius 2 is 2.08 bits per heavy atom. The number of hydrogen-bond acceptors (Lipinski definition) is 7. The maximum absolute atomic E-state index is 13.0. The molecule has 6 nitrogen and oxygen atoms in total. The molecule has 0 bridgehead atoms. The van der Waals surface area contributed by atoms with Crippen LogP contribution in [0, 0.1) is 5.82 Å². The van der Waals surface area contributed by atoms with Crippen LogP contribution in [0.1, 0.15) is 12.5 Å². The molecular weight excluding hydrogens is 379 g/mol. The summed E-state index contributed by atoms with van der Waals surface area (Å²) in [6, 6.07) is 5.79. The van der Waals surface area contributed by atoms with E-state index in [2.05, 4.69) is 4.99 Å². The minimum Gasteiger partial charge on any atom is -0.465 e. The Morgan fingerprint density at radius 1 is 1.35 bits per heavy atom. The molecule has 9 heteroatoms. The summed E-state index contributed by atoms with van der Waals surface area (Å²) >= 11 is 1.28. The number of carbonyl (C=O) groups is 1. The second-order valence-electron chi connectivity index (χ2n) is 6.29. The van der Waals surface area contributed by atoms with Crippen molar-refractivity contribution in [2.75, 3.05) is 30.4 Å². The van der Waals surface area contributed by atoms with Crippen molar-refractivity contribution in [1.29, 1.82) is 0 Å². The molecule has 26 heavy (non-hydrogen) atoms. The Morgan fingerprint density at radius 3 is 2.77 bits per heavy atom. The number of amidine groups is 1. The second kappa shape index (κ2) is 7.96. The lowest BCUT2D eigenvalue weighted by Crippen LogP contribution is -2.40. The molecule has 2 heterocycles. The Labute approximate surface area is 156 Å². The molecule has 0 unspecified atom stereocenters. The van der Waals surface area contributed by atoms with Gasteiger partial charge in [-0.15, -0.1) is 0 Å². The van der Waals surface area contributed by atoms with Crippen molar-refractivity contribution in [3.05, 3.63) is 35.6 Å². The topological polar surface area (TPSA) is 76.0 Å². The fourth-order valence-electron chi connectivity index (χ4n) is 3.20. The predicted molar refractivity (Wildman–Crippen MR) is 99.6 cm³/mol. The van der Waals surface area contributed by atoms with Crippen molar-refractivity contribution in [2.45, 2.75) is 25.4 Å². The third-order valence-corrected chi connectivity index (χ3v) is 7.07. The van der Waals surface area contributed by atoms with E-state index in [1.54, 1.807) is 19.1 Å². The number of sulfone groups is 1. The number of hydrogen-bond donors (Lipinski definition) is 0. The molecule has 1 saturated heterocycles. The van der Waals surface area contributed by atoms with E-state index in [0.29, 0.717) is 24.7 Å². The SMILES string of the molecule is CCOC(=O)CSC1=N[C@H]2CS(=O)(=O)C[C@@H]2N1CCc1ccc(F)cc1. The van der Waals surface area contributed by atoms with Gasteiger partial charge in [0.05, 0.1) is 35.9 Å². The first kappa shape index (κ1) is 19.2. The van der Waals surface area contributed by atoms with Gasteiger partial charge < -0.3 is 9.64 Å². The number of esters is 1. The molecule has 0 radical (unpaired) electrons. The molecule has 0 spiro atoms. The van der Waals surface area contributed by atoms with Gasteiger partial charge in [-0.3, -0.25) is 9.79 Å². The zero-order valence-corrected chi connectivity index (χ0v) is 16.1. The van der Waals surface area contributed by atoms with Crippen molar-refractivity contribution in [3.63, 3.8) is 0 Å². The van der Waals surface area contributed by atoms with Crippen LogP contribution >= 0.6 is 11.8 Å². The van der Waals surface area contributed by atoms with E-state index in [4.69, 9.17) is 4.74 Å². The summed E-state index contributed by atoms with van der Waals surface area (Å²) in [4.78, 5) is 18.1. The lowest BCUT2D eigenvalue weighted by molar-refractivity contribution is -0.139. The van der Waals surface area contributed by atoms with Crippen LogP contribution in [0.15, 0.2) is 29.3 Å². The van der Waals surface area contributed by atoms with Gasteiger partial charge in [0, 0.05) is 6.54 Å². The quantitative estimate of drug-likeness (QED) is 0.674. The van der Waals surface area contributed by atoms with E-state index in [-0.39, 0.29) is 41.1 Å². The number of rotatable bonds is 6. The molecule has 0 saturated carbocycles. The number of fused-ring (bicyclic) bond motifs is 1. The van der Waals surface area contributed by atoms with E-state index in [1.807, 2.05) is 4.90 Å². The number of carbonyl (C=O) groups excluding carboxylic acids is 1. The second-order valence-corrected chi connectivity index (χ2v) is 9.38. The molecular formula is C17H21FN2O4S2. The minimum absolute atomic E-state index is 0.0498. The smallest absolute Gasteiger partial charge is 0.316 e. The van der Waals surface area contributed by atoms with Gasteiger partial charge in [-0.05, 0) is 31.0 Å². The summed E-state index contributed by atoms with van der Waals surface area (Å²) in [5, 5.41) is 0.685. The van der Waals surface area contributed by atoms with Crippen LogP contribution in [0.2, 0.25) is 0 Å². The molecule has 0 aliphatic carbocycles. The predicted octanol–water partition coefficient (Wildman–Crippen LogP) is 1.50. The molecule has 1 fully saturated rings. The fourth-order valence-corrected chi connectivity index (χ4v) is 6.01. The highest BCUT2D eigenvalue weighted by Crippen LogP contribution is 2.31. The van der Waals surface area contributed by atoms with Gasteiger partial charge in [0.15, 0.2) is 15.0 Å². The van der Waals surface area contributed by atoms with E-state index in [9.17, 15) is 17.6 Å². The summed E-state index contributed by atoms with van der Waals surface area (Å²) in [6.45, 7) is 2.64. The standard InChI is InChI=1S/C17H21FN2O4S2/c1-2-24-16(21)9-25-17-19-14-10-26(22,23)11-15(14)20(17)8-7-12-3-5-13(18)6-4-12/h3-6,14-15H,2,7-11H2,1H3/t14-,15-/m0/s1. The van der Waals surface area contributed by atoms with Gasteiger partial charge in [0.1, 0.15) is 5.82 Å². The number of ether oxygens (including phenoxy) is 1. The van der Waals surface area contributed by atoms with Gasteiger partial charge in [0.25, 0.3) is 0 Å². The highest BCUT2D eigenvalue weighted by Gasteiger charge is 2.46. The monoisotopic (exact) mass is 400 g/mol. The molecule has 0 amide bonds. The molecule has 2 atom stereocenters. The molecule has 1 aromatic carbocycles. The van der Waals surface area contributed by atoms with E-state index < -0.39 is 9.84 Å². The Kier molecular flexibility index (Phi) is 5.86. The minimum atomic E-state index is -3.09. The molecule has 2 aliphatic rings. The Balaban J connectivity index is 1.69. The average Bonchev–Trinajstić information content (AvgIpc) is 3.04. The maximum atomic E-state index is 13.0. The first-order valence-electron chi connectivity index (χ1n) is 8.45. The van der Waals surface area contributed by atoms with Crippen molar-refractivity contribution in [3.8, 4) is 0 Å². The number of halogens is 1. The van der Waals surface area contributed by atoms with Crippen LogP contribution in [0.5, 0.6) is 0 Å². The van der Waals surface area contributed by atoms with Crippen molar-refractivity contribution in [2.24, 2.45) is 4.99 Å². The van der Waals surface area contributed by atoms with Crippen LogP contribution in [0.25, 0.3) is 0 Å². The molecule has 0 aromatic heterocycles. The summed E-state index contributed by atoms with van der Waals surface area (Å²) in [5.74, 6) is -0.332. The van der Waals surface area contributed by atoms with E-state index in [1.165, 1.54) is 23.9 Å². The van der Waals surface area contributed by atoms with Crippen molar-refractivity contribution >= 4 is 32.7 Å². The third kappa shape index (κ3) is 4.56. The summed E-state index contributed by atoms with van der Waals surface area (Å²) in [5.41, 5.74) is 0.963. The number of benzene rings is 1. The summed E-state index contributed by atoms with van der Waals surface area (Å²) in [7, 11) is -3.09. The molecule has 142 valence electrons. The fraction of sp³-hybridized carbons (Fsp3) is 0.529. The summed E-state index contributed by atoms with van der Waals surface area (Å²) in [6.07, 6.45) is 0.641. The first-order chi connectivity index (χ1) is 12.4. The summed E-state index contributed by atoms with van der Waals surface area (Å²) < 4.78 is 41.9. The molecule has 1 aromatic rings.